The van der Waals surface area contributed by atoms with E-state index >= 15 is 0 Å². The number of aromatic amines is 1. The van der Waals surface area contributed by atoms with Gasteiger partial charge in [-0.1, -0.05) is 6.92 Å². The number of nitrogens with one attached hydrogen (secondary N) is 2. The molecule has 1 aromatic rings. The van der Waals surface area contributed by atoms with Gasteiger partial charge in [-0.25, -0.2) is 4.98 Å². The molecule has 5 heteroatoms. The normalized spacial score (nSPS) is 22.4. The number of hydrogen-bond acceptors (Lipinski definition) is 4. The van der Waals surface area contributed by atoms with Crippen molar-refractivity contribution in [2.24, 2.45) is 0 Å². The average molecular weight is 224 g/mol. The zero-order valence-corrected chi connectivity index (χ0v) is 9.78. The van der Waals surface area contributed by atoms with E-state index in [2.05, 4.69) is 27.1 Å². The summed E-state index contributed by atoms with van der Waals surface area (Å²) in [7, 11) is 0. The van der Waals surface area contributed by atoms with Crippen LogP contribution in [-0.2, 0) is 11.3 Å². The Morgan fingerprint density at radius 3 is 3.38 bits per heavy atom. The fraction of sp³-hybridized carbons (Fsp3) is 0.727. The second kappa shape index (κ2) is 5.98. The van der Waals surface area contributed by atoms with Crippen molar-refractivity contribution in [3.05, 3.63) is 18.2 Å². The lowest BCUT2D eigenvalue weighted by Crippen LogP contribution is -2.46. The van der Waals surface area contributed by atoms with Gasteiger partial charge in [-0.15, -0.1) is 0 Å². The predicted molar refractivity (Wildman–Crippen MR) is 62.1 cm³/mol. The van der Waals surface area contributed by atoms with Crippen LogP contribution >= 0.6 is 0 Å². The van der Waals surface area contributed by atoms with Crippen LogP contribution in [0.4, 0.5) is 0 Å². The highest BCUT2D eigenvalue weighted by molar-refractivity contribution is 4.86. The van der Waals surface area contributed by atoms with E-state index in [4.69, 9.17) is 4.74 Å². The zero-order valence-electron chi connectivity index (χ0n) is 9.78. The summed E-state index contributed by atoms with van der Waals surface area (Å²) in [6, 6.07) is 0. The highest BCUT2D eigenvalue weighted by Crippen LogP contribution is 2.03. The molecule has 1 aliphatic rings. The maximum atomic E-state index is 5.69. The molecule has 2 rings (SSSR count). The van der Waals surface area contributed by atoms with E-state index in [9.17, 15) is 0 Å². The molecule has 0 amide bonds. The Balaban J connectivity index is 1.65. The molecule has 2 heterocycles. The standard InChI is InChI=1S/C11H20N4O/c1-2-15-5-6-16-10(9-15)7-12-8-11-13-3-4-14-11/h3-4,10,12H,2,5-9H2,1H3,(H,13,14). The predicted octanol–water partition coefficient (Wildman–Crippen LogP) is 0.220. The molecule has 0 bridgehead atoms. The fourth-order valence-corrected chi connectivity index (χ4v) is 1.94. The second-order valence-electron chi connectivity index (χ2n) is 4.05. The SMILES string of the molecule is CCN1CCOC(CNCc2ncc[nH]2)C1. The van der Waals surface area contributed by atoms with Gasteiger partial charge in [0.15, 0.2) is 0 Å². The topological polar surface area (TPSA) is 53.2 Å². The minimum Gasteiger partial charge on any atom is -0.374 e. The monoisotopic (exact) mass is 224 g/mol. The molecule has 16 heavy (non-hydrogen) atoms. The molecular weight excluding hydrogens is 204 g/mol. The second-order valence-corrected chi connectivity index (χ2v) is 4.05. The van der Waals surface area contributed by atoms with E-state index in [0.717, 1.165) is 45.2 Å². The molecule has 1 atom stereocenters. The van der Waals surface area contributed by atoms with Crippen LogP contribution in [0.1, 0.15) is 12.7 Å². The van der Waals surface area contributed by atoms with Crippen LogP contribution in [-0.4, -0.2) is 53.8 Å². The highest BCUT2D eigenvalue weighted by atomic mass is 16.5. The van der Waals surface area contributed by atoms with Crippen LogP contribution in [0, 0.1) is 0 Å². The van der Waals surface area contributed by atoms with Gasteiger partial charge in [0.1, 0.15) is 5.82 Å². The molecule has 0 radical (unpaired) electrons. The first-order chi connectivity index (χ1) is 7.88. The molecule has 1 aliphatic heterocycles. The summed E-state index contributed by atoms with van der Waals surface area (Å²) in [5.41, 5.74) is 0. The van der Waals surface area contributed by atoms with Crippen LogP contribution < -0.4 is 5.32 Å². The first kappa shape index (κ1) is 11.6. The third-order valence-corrected chi connectivity index (χ3v) is 2.89. The number of H-pyrrole nitrogens is 1. The van der Waals surface area contributed by atoms with Crippen molar-refractivity contribution in [2.75, 3.05) is 32.8 Å². The Hall–Kier alpha value is -0.910. The van der Waals surface area contributed by atoms with Gasteiger partial charge in [0, 0.05) is 32.0 Å². The summed E-state index contributed by atoms with van der Waals surface area (Å²) in [6.07, 6.45) is 3.92. The van der Waals surface area contributed by atoms with E-state index < -0.39 is 0 Å². The quantitative estimate of drug-likeness (QED) is 0.751. The molecule has 90 valence electrons. The van der Waals surface area contributed by atoms with Gasteiger partial charge in [0.2, 0.25) is 0 Å². The van der Waals surface area contributed by atoms with E-state index in [1.807, 2.05) is 6.20 Å². The Morgan fingerprint density at radius 2 is 2.62 bits per heavy atom. The van der Waals surface area contributed by atoms with Crippen LogP contribution in [0.15, 0.2) is 12.4 Å². The molecule has 1 fully saturated rings. The van der Waals surface area contributed by atoms with Crippen molar-refractivity contribution in [1.29, 1.82) is 0 Å². The first-order valence-electron chi connectivity index (χ1n) is 5.91. The number of morpholine rings is 1. The minimum atomic E-state index is 0.309. The van der Waals surface area contributed by atoms with Gasteiger partial charge < -0.3 is 15.0 Å². The third kappa shape index (κ3) is 3.30. The summed E-state index contributed by atoms with van der Waals surface area (Å²) < 4.78 is 5.69. The molecule has 0 aromatic carbocycles. The Kier molecular flexibility index (Phi) is 4.33. The van der Waals surface area contributed by atoms with Gasteiger partial charge in [-0.05, 0) is 6.54 Å². The van der Waals surface area contributed by atoms with Gasteiger partial charge >= 0.3 is 0 Å². The summed E-state index contributed by atoms with van der Waals surface area (Å²) in [4.78, 5) is 9.65. The van der Waals surface area contributed by atoms with Crippen molar-refractivity contribution in [1.82, 2.24) is 20.2 Å². The molecule has 1 unspecified atom stereocenters. The largest absolute Gasteiger partial charge is 0.374 e. The Morgan fingerprint density at radius 1 is 1.69 bits per heavy atom. The molecule has 0 saturated carbocycles. The van der Waals surface area contributed by atoms with Gasteiger partial charge in [-0.2, -0.15) is 0 Å². The number of rotatable bonds is 5. The summed E-state index contributed by atoms with van der Waals surface area (Å²) in [5.74, 6) is 0.975. The minimum absolute atomic E-state index is 0.309. The van der Waals surface area contributed by atoms with Crippen molar-refractivity contribution in [3.8, 4) is 0 Å². The van der Waals surface area contributed by atoms with E-state index in [-0.39, 0.29) is 0 Å². The Bertz CT molecular complexity index is 288. The van der Waals surface area contributed by atoms with Crippen LogP contribution in [0.2, 0.25) is 0 Å². The maximum Gasteiger partial charge on any atom is 0.120 e. The molecule has 1 aromatic heterocycles. The number of nitrogens with zero attached hydrogens (tertiary/aromatic N) is 2. The van der Waals surface area contributed by atoms with Crippen LogP contribution in [0.25, 0.3) is 0 Å². The molecular formula is C11H20N4O. The van der Waals surface area contributed by atoms with Crippen molar-refractivity contribution in [2.45, 2.75) is 19.6 Å². The van der Waals surface area contributed by atoms with Crippen LogP contribution in [0.3, 0.4) is 0 Å². The summed E-state index contributed by atoms with van der Waals surface area (Å²) >= 11 is 0. The number of imidazole rings is 1. The van der Waals surface area contributed by atoms with E-state index in [0.29, 0.717) is 6.10 Å². The molecule has 2 N–H and O–H groups in total. The number of aromatic nitrogens is 2. The Labute approximate surface area is 96.2 Å². The average Bonchev–Trinajstić information content (AvgIpc) is 2.82. The fourth-order valence-electron chi connectivity index (χ4n) is 1.94. The lowest BCUT2D eigenvalue weighted by atomic mass is 10.2. The molecule has 0 spiro atoms. The van der Waals surface area contributed by atoms with Crippen molar-refractivity contribution < 1.29 is 4.74 Å². The summed E-state index contributed by atoms with van der Waals surface area (Å²) in [6.45, 7) is 7.90. The summed E-state index contributed by atoms with van der Waals surface area (Å²) in [5, 5.41) is 3.36. The van der Waals surface area contributed by atoms with E-state index in [1.54, 1.807) is 6.20 Å². The van der Waals surface area contributed by atoms with Gasteiger partial charge in [0.05, 0.1) is 19.3 Å². The molecule has 0 aliphatic carbocycles. The van der Waals surface area contributed by atoms with E-state index in [1.165, 1.54) is 0 Å². The lowest BCUT2D eigenvalue weighted by molar-refractivity contribution is -0.0254. The number of ether oxygens (including phenoxy) is 1. The van der Waals surface area contributed by atoms with Crippen molar-refractivity contribution in [3.63, 3.8) is 0 Å². The number of likely N-dealkylation sites (N-methyl/N-ethyl adjacent to an activating group) is 1. The molecule has 5 nitrogen and oxygen atoms in total. The highest BCUT2D eigenvalue weighted by Gasteiger charge is 2.18. The molecule has 1 saturated heterocycles. The van der Waals surface area contributed by atoms with Crippen molar-refractivity contribution >= 4 is 0 Å². The third-order valence-electron chi connectivity index (χ3n) is 2.89. The first-order valence-corrected chi connectivity index (χ1v) is 5.91. The lowest BCUT2D eigenvalue weighted by Gasteiger charge is -2.32. The van der Waals surface area contributed by atoms with Crippen LogP contribution in [0.5, 0.6) is 0 Å². The number of hydrogen-bond donors (Lipinski definition) is 2. The van der Waals surface area contributed by atoms with Gasteiger partial charge in [-0.3, -0.25) is 4.90 Å². The maximum absolute atomic E-state index is 5.69. The van der Waals surface area contributed by atoms with Gasteiger partial charge in [0.25, 0.3) is 0 Å². The zero-order chi connectivity index (χ0) is 11.2. The smallest absolute Gasteiger partial charge is 0.120 e.